The van der Waals surface area contributed by atoms with Gasteiger partial charge in [0.05, 0.1) is 0 Å². The van der Waals surface area contributed by atoms with E-state index in [0.717, 1.165) is 5.56 Å². The van der Waals surface area contributed by atoms with E-state index in [1.165, 1.54) is 6.92 Å². The molecule has 1 amide bonds. The molecular formula is C12H11NO2. The van der Waals surface area contributed by atoms with Crippen LogP contribution in [0.5, 0.6) is 0 Å². The first-order valence-corrected chi connectivity index (χ1v) is 4.43. The highest BCUT2D eigenvalue weighted by Gasteiger charge is 2.01. The Morgan fingerprint density at radius 2 is 2.00 bits per heavy atom. The molecule has 0 heterocycles. The van der Waals surface area contributed by atoms with Gasteiger partial charge in [-0.05, 0) is 37.5 Å². The summed E-state index contributed by atoms with van der Waals surface area (Å²) in [6, 6.07) is 5.13. The molecule has 0 radical (unpaired) electrons. The van der Waals surface area contributed by atoms with Crippen LogP contribution in [0.2, 0.25) is 0 Å². The van der Waals surface area contributed by atoms with Crippen molar-refractivity contribution in [2.24, 2.45) is 5.73 Å². The summed E-state index contributed by atoms with van der Waals surface area (Å²) in [7, 11) is 0. The van der Waals surface area contributed by atoms with Gasteiger partial charge in [-0.25, -0.2) is 0 Å². The van der Waals surface area contributed by atoms with Gasteiger partial charge in [0.15, 0.2) is 5.78 Å². The first-order chi connectivity index (χ1) is 7.00. The van der Waals surface area contributed by atoms with E-state index in [2.05, 4.69) is 11.8 Å². The third kappa shape index (κ3) is 2.96. The Hall–Kier alpha value is -2.08. The molecule has 0 aliphatic heterocycles. The van der Waals surface area contributed by atoms with Crippen molar-refractivity contribution in [3.63, 3.8) is 0 Å². The topological polar surface area (TPSA) is 60.2 Å². The van der Waals surface area contributed by atoms with Crippen molar-refractivity contribution in [2.45, 2.75) is 13.8 Å². The molecule has 15 heavy (non-hydrogen) atoms. The number of rotatable bonds is 1. The van der Waals surface area contributed by atoms with Gasteiger partial charge in [-0.3, -0.25) is 9.59 Å². The van der Waals surface area contributed by atoms with Gasteiger partial charge in [0.1, 0.15) is 0 Å². The number of Topliss-reactive ketones (excluding diaryl/α,β-unsaturated/α-hetero) is 1. The maximum atomic E-state index is 11.1. The first-order valence-electron chi connectivity index (χ1n) is 4.43. The summed E-state index contributed by atoms with van der Waals surface area (Å²) in [5, 5.41) is 0. The van der Waals surface area contributed by atoms with E-state index < -0.39 is 5.91 Å². The summed E-state index contributed by atoms with van der Waals surface area (Å²) in [5.41, 5.74) is 7.10. The van der Waals surface area contributed by atoms with Crippen molar-refractivity contribution in [1.29, 1.82) is 0 Å². The third-order valence-corrected chi connectivity index (χ3v) is 1.95. The SMILES string of the molecule is CC(=O)c1ccc(C#CC(N)=O)c(C)c1. The van der Waals surface area contributed by atoms with Crippen LogP contribution in [0.3, 0.4) is 0 Å². The standard InChI is InChI=1S/C12H11NO2/c1-8-7-11(9(2)14)4-3-10(8)5-6-12(13)15/h3-4,7H,1-2H3,(H2,13,15). The Labute approximate surface area is 88.3 Å². The molecule has 0 fully saturated rings. The Kier molecular flexibility index (Phi) is 3.25. The third-order valence-electron chi connectivity index (χ3n) is 1.95. The van der Waals surface area contributed by atoms with Crippen molar-refractivity contribution in [2.75, 3.05) is 0 Å². The summed E-state index contributed by atoms with van der Waals surface area (Å²) < 4.78 is 0. The van der Waals surface area contributed by atoms with Crippen molar-refractivity contribution >= 4 is 11.7 Å². The number of aryl methyl sites for hydroxylation is 1. The van der Waals surface area contributed by atoms with Gasteiger partial charge >= 0.3 is 0 Å². The van der Waals surface area contributed by atoms with Gasteiger partial charge in [0.2, 0.25) is 0 Å². The lowest BCUT2D eigenvalue weighted by molar-refractivity contribution is -0.112. The number of primary amides is 1. The number of amides is 1. The second-order valence-electron chi connectivity index (χ2n) is 3.20. The van der Waals surface area contributed by atoms with Gasteiger partial charge in [-0.15, -0.1) is 0 Å². The lowest BCUT2D eigenvalue weighted by Crippen LogP contribution is -2.06. The van der Waals surface area contributed by atoms with Gasteiger partial charge < -0.3 is 5.73 Å². The average Bonchev–Trinajstić information content (AvgIpc) is 2.15. The number of hydrogen-bond acceptors (Lipinski definition) is 2. The molecule has 1 rings (SSSR count). The number of ketones is 1. The summed E-state index contributed by atoms with van der Waals surface area (Å²) >= 11 is 0. The van der Waals surface area contributed by atoms with Crippen LogP contribution < -0.4 is 5.73 Å². The number of nitrogens with two attached hydrogens (primary N) is 1. The van der Waals surface area contributed by atoms with E-state index in [1.54, 1.807) is 18.2 Å². The molecule has 0 aliphatic rings. The minimum absolute atomic E-state index is 0.00695. The molecule has 3 heteroatoms. The number of carbonyl (C=O) groups is 2. The number of benzene rings is 1. The molecular weight excluding hydrogens is 190 g/mol. The smallest absolute Gasteiger partial charge is 0.293 e. The molecule has 0 spiro atoms. The quantitative estimate of drug-likeness (QED) is 0.545. The molecule has 3 nitrogen and oxygen atoms in total. The maximum absolute atomic E-state index is 11.1. The highest BCUT2D eigenvalue weighted by Crippen LogP contribution is 2.10. The van der Waals surface area contributed by atoms with E-state index >= 15 is 0 Å². The van der Waals surface area contributed by atoms with Gasteiger partial charge in [0, 0.05) is 11.1 Å². The molecule has 0 atom stereocenters. The van der Waals surface area contributed by atoms with Crippen molar-refractivity contribution in [1.82, 2.24) is 0 Å². The van der Waals surface area contributed by atoms with Crippen LogP contribution in [-0.2, 0) is 4.79 Å². The minimum atomic E-state index is -0.662. The zero-order chi connectivity index (χ0) is 11.4. The average molecular weight is 201 g/mol. The highest BCUT2D eigenvalue weighted by atomic mass is 16.1. The molecule has 0 saturated heterocycles. The van der Waals surface area contributed by atoms with Crippen molar-refractivity contribution < 1.29 is 9.59 Å². The lowest BCUT2D eigenvalue weighted by atomic mass is 10.0. The molecule has 0 unspecified atom stereocenters. The molecule has 1 aromatic carbocycles. The predicted octanol–water partition coefficient (Wildman–Crippen LogP) is 1.03. The van der Waals surface area contributed by atoms with Crippen molar-refractivity contribution in [3.05, 3.63) is 34.9 Å². The van der Waals surface area contributed by atoms with Crippen LogP contribution in [0, 0.1) is 18.8 Å². The molecule has 2 N–H and O–H groups in total. The molecule has 0 aromatic heterocycles. The van der Waals surface area contributed by atoms with Crippen LogP contribution in [0.25, 0.3) is 0 Å². The Morgan fingerprint density at radius 3 is 2.47 bits per heavy atom. The highest BCUT2D eigenvalue weighted by molar-refractivity contribution is 5.95. The summed E-state index contributed by atoms with van der Waals surface area (Å²) in [6.07, 6.45) is 0. The van der Waals surface area contributed by atoms with Crippen LogP contribution in [-0.4, -0.2) is 11.7 Å². The number of carbonyl (C=O) groups excluding carboxylic acids is 2. The second kappa shape index (κ2) is 4.43. The van der Waals surface area contributed by atoms with Gasteiger partial charge in [0.25, 0.3) is 5.91 Å². The normalized spacial score (nSPS) is 8.93. The van der Waals surface area contributed by atoms with Gasteiger partial charge in [-0.2, -0.15) is 0 Å². The summed E-state index contributed by atoms with van der Waals surface area (Å²) in [5.74, 6) is 4.24. The second-order valence-corrected chi connectivity index (χ2v) is 3.20. The van der Waals surface area contributed by atoms with Crippen molar-refractivity contribution in [3.8, 4) is 11.8 Å². The maximum Gasteiger partial charge on any atom is 0.293 e. The zero-order valence-corrected chi connectivity index (χ0v) is 8.63. The van der Waals surface area contributed by atoms with Gasteiger partial charge in [-0.1, -0.05) is 12.0 Å². The monoisotopic (exact) mass is 201 g/mol. The molecule has 0 saturated carbocycles. The molecule has 0 aliphatic carbocycles. The Morgan fingerprint density at radius 1 is 1.33 bits per heavy atom. The first kappa shape index (κ1) is 11.0. The Bertz CT molecular complexity index is 478. The van der Waals surface area contributed by atoms with Crippen LogP contribution in [0.4, 0.5) is 0 Å². The van der Waals surface area contributed by atoms with E-state index in [4.69, 9.17) is 5.73 Å². The van der Waals surface area contributed by atoms with E-state index in [0.29, 0.717) is 11.1 Å². The van der Waals surface area contributed by atoms with Crippen LogP contribution in [0.1, 0.15) is 28.4 Å². The minimum Gasteiger partial charge on any atom is -0.359 e. The fraction of sp³-hybridized carbons (Fsp3) is 0.167. The largest absolute Gasteiger partial charge is 0.359 e. The molecule has 0 bridgehead atoms. The lowest BCUT2D eigenvalue weighted by Gasteiger charge is -2.00. The fourth-order valence-electron chi connectivity index (χ4n) is 1.15. The molecule has 1 aromatic rings. The van der Waals surface area contributed by atoms with E-state index in [1.807, 2.05) is 6.92 Å². The predicted molar refractivity (Wildman–Crippen MR) is 57.3 cm³/mol. The fourth-order valence-corrected chi connectivity index (χ4v) is 1.15. The number of hydrogen-bond donors (Lipinski definition) is 1. The Balaban J connectivity index is 3.10. The van der Waals surface area contributed by atoms with Crippen LogP contribution >= 0.6 is 0 Å². The van der Waals surface area contributed by atoms with E-state index in [9.17, 15) is 9.59 Å². The van der Waals surface area contributed by atoms with E-state index in [-0.39, 0.29) is 5.78 Å². The zero-order valence-electron chi connectivity index (χ0n) is 8.63. The molecule has 76 valence electrons. The van der Waals surface area contributed by atoms with Crippen LogP contribution in [0.15, 0.2) is 18.2 Å². The summed E-state index contributed by atoms with van der Waals surface area (Å²) in [4.78, 5) is 21.5. The summed E-state index contributed by atoms with van der Waals surface area (Å²) in [6.45, 7) is 3.33.